The molecule has 2 unspecified atom stereocenters. The van der Waals surface area contributed by atoms with E-state index in [0.29, 0.717) is 30.6 Å². The van der Waals surface area contributed by atoms with Crippen LogP contribution in [0.15, 0.2) is 48.5 Å². The van der Waals surface area contributed by atoms with Crippen molar-refractivity contribution < 1.29 is 32.6 Å². The van der Waals surface area contributed by atoms with Crippen molar-refractivity contribution in [2.45, 2.75) is 36.6 Å². The standard InChI is InChI=1S/C22H22F3NO4S/c23-22(24,25)17-5-1-3-15(12-17)16(4-2-10-27)13-30-18-8-6-14(7-9-18)11-19-20(28)26-21(29)31-19/h1,3,5-9,12,16,19,27H,2,4,10-11,13H2,(H,26,28,29). The molecule has 5 nitrogen and oxygen atoms in total. The number of imide groups is 1. The minimum Gasteiger partial charge on any atom is -0.493 e. The van der Waals surface area contributed by atoms with E-state index in [1.807, 2.05) is 0 Å². The van der Waals surface area contributed by atoms with E-state index in [4.69, 9.17) is 9.84 Å². The van der Waals surface area contributed by atoms with E-state index >= 15 is 0 Å². The molecular weight excluding hydrogens is 431 g/mol. The van der Waals surface area contributed by atoms with Crippen LogP contribution in [0.1, 0.15) is 35.4 Å². The predicted octanol–water partition coefficient (Wildman–Crippen LogP) is 4.53. The summed E-state index contributed by atoms with van der Waals surface area (Å²) >= 11 is 0.964. The monoisotopic (exact) mass is 453 g/mol. The molecule has 2 aromatic rings. The number of ether oxygens (including phenoxy) is 1. The van der Waals surface area contributed by atoms with E-state index in [9.17, 15) is 22.8 Å². The fourth-order valence-electron chi connectivity index (χ4n) is 3.31. The van der Waals surface area contributed by atoms with Crippen LogP contribution in [0.4, 0.5) is 18.0 Å². The molecule has 166 valence electrons. The van der Waals surface area contributed by atoms with Gasteiger partial charge < -0.3 is 9.84 Å². The molecule has 1 saturated heterocycles. The zero-order valence-electron chi connectivity index (χ0n) is 16.5. The quantitative estimate of drug-likeness (QED) is 0.583. The molecule has 9 heteroatoms. The largest absolute Gasteiger partial charge is 0.493 e. The van der Waals surface area contributed by atoms with Crippen LogP contribution in [0.5, 0.6) is 5.75 Å². The average Bonchev–Trinajstić information content (AvgIpc) is 3.05. The number of halogens is 3. The van der Waals surface area contributed by atoms with Crippen LogP contribution < -0.4 is 10.1 Å². The molecular formula is C22H22F3NO4S. The van der Waals surface area contributed by atoms with Crippen molar-refractivity contribution in [3.8, 4) is 5.75 Å². The molecule has 2 N–H and O–H groups in total. The number of amides is 2. The lowest BCUT2D eigenvalue weighted by Gasteiger charge is -2.19. The third kappa shape index (κ3) is 6.48. The number of hydrogen-bond donors (Lipinski definition) is 2. The summed E-state index contributed by atoms with van der Waals surface area (Å²) in [5, 5.41) is 10.6. The first-order chi connectivity index (χ1) is 14.8. The molecule has 0 bridgehead atoms. The minimum atomic E-state index is -4.42. The molecule has 0 aromatic heterocycles. The summed E-state index contributed by atoms with van der Waals surface area (Å²) < 4.78 is 44.9. The topological polar surface area (TPSA) is 75.6 Å². The van der Waals surface area contributed by atoms with Crippen LogP contribution in [-0.2, 0) is 17.4 Å². The molecule has 1 heterocycles. The van der Waals surface area contributed by atoms with Gasteiger partial charge in [0.15, 0.2) is 0 Å². The Morgan fingerprint density at radius 2 is 1.87 bits per heavy atom. The highest BCUT2D eigenvalue weighted by Crippen LogP contribution is 2.32. The highest BCUT2D eigenvalue weighted by atomic mass is 32.2. The SMILES string of the molecule is O=C1NC(=O)C(Cc2ccc(OCC(CCCO)c3cccc(C(F)(F)F)c3)cc2)S1. The maximum Gasteiger partial charge on any atom is 0.416 e. The van der Waals surface area contributed by atoms with Gasteiger partial charge in [-0.2, -0.15) is 13.2 Å². The summed E-state index contributed by atoms with van der Waals surface area (Å²) in [7, 11) is 0. The first kappa shape index (κ1) is 23.1. The zero-order chi connectivity index (χ0) is 22.4. The maximum absolute atomic E-state index is 13.0. The number of nitrogens with one attached hydrogen (secondary N) is 1. The summed E-state index contributed by atoms with van der Waals surface area (Å²) in [6.45, 7) is 0.107. The van der Waals surface area contributed by atoms with Crippen LogP contribution in [0.25, 0.3) is 0 Å². The summed E-state index contributed by atoms with van der Waals surface area (Å²) in [6.07, 6.45) is -3.08. The molecule has 2 atom stereocenters. The van der Waals surface area contributed by atoms with Crippen molar-refractivity contribution in [3.05, 3.63) is 65.2 Å². The normalized spacial score (nSPS) is 17.5. The smallest absolute Gasteiger partial charge is 0.416 e. The lowest BCUT2D eigenvalue weighted by atomic mass is 9.93. The van der Waals surface area contributed by atoms with Crippen molar-refractivity contribution in [1.82, 2.24) is 5.32 Å². The van der Waals surface area contributed by atoms with Gasteiger partial charge in [0.1, 0.15) is 5.75 Å². The molecule has 1 fully saturated rings. The Labute approximate surface area is 182 Å². The lowest BCUT2D eigenvalue weighted by molar-refractivity contribution is -0.137. The minimum absolute atomic E-state index is 0.0561. The maximum atomic E-state index is 13.0. The van der Waals surface area contributed by atoms with Crippen LogP contribution in [0, 0.1) is 0 Å². The third-order valence-electron chi connectivity index (χ3n) is 4.96. The van der Waals surface area contributed by atoms with Gasteiger partial charge in [0.05, 0.1) is 17.4 Å². The number of aliphatic hydroxyl groups is 1. The summed E-state index contributed by atoms with van der Waals surface area (Å²) in [4.78, 5) is 22.9. The lowest BCUT2D eigenvalue weighted by Crippen LogP contribution is -2.25. The third-order valence-corrected chi connectivity index (χ3v) is 5.94. The number of benzene rings is 2. The molecule has 0 spiro atoms. The Bertz CT molecular complexity index is 918. The number of carbonyl (C=O) groups is 2. The second-order valence-corrected chi connectivity index (χ2v) is 8.40. The van der Waals surface area contributed by atoms with E-state index in [-0.39, 0.29) is 30.3 Å². The van der Waals surface area contributed by atoms with E-state index in [1.54, 1.807) is 30.3 Å². The van der Waals surface area contributed by atoms with E-state index in [1.165, 1.54) is 6.07 Å². The molecule has 31 heavy (non-hydrogen) atoms. The van der Waals surface area contributed by atoms with Crippen molar-refractivity contribution in [2.24, 2.45) is 0 Å². The Balaban J connectivity index is 1.64. The van der Waals surface area contributed by atoms with E-state index < -0.39 is 17.0 Å². The summed E-state index contributed by atoms with van der Waals surface area (Å²) in [6, 6.07) is 12.2. The molecule has 2 aromatic carbocycles. The van der Waals surface area contributed by atoms with Crippen LogP contribution in [0.2, 0.25) is 0 Å². The van der Waals surface area contributed by atoms with E-state index in [2.05, 4.69) is 5.32 Å². The Morgan fingerprint density at radius 3 is 2.48 bits per heavy atom. The fourth-order valence-corrected chi connectivity index (χ4v) is 4.17. The number of alkyl halides is 3. The predicted molar refractivity (Wildman–Crippen MR) is 111 cm³/mol. The van der Waals surface area contributed by atoms with E-state index in [0.717, 1.165) is 29.5 Å². The molecule has 1 aliphatic rings. The highest BCUT2D eigenvalue weighted by molar-refractivity contribution is 8.15. The number of carbonyl (C=O) groups excluding carboxylic acids is 2. The van der Waals surface area contributed by atoms with Gasteiger partial charge >= 0.3 is 6.18 Å². The highest BCUT2D eigenvalue weighted by Gasteiger charge is 2.32. The van der Waals surface area contributed by atoms with Gasteiger partial charge in [0.25, 0.3) is 5.24 Å². The van der Waals surface area contributed by atoms with Gasteiger partial charge in [-0.15, -0.1) is 0 Å². The van der Waals surface area contributed by atoms with Crippen molar-refractivity contribution in [3.63, 3.8) is 0 Å². The van der Waals surface area contributed by atoms with Crippen molar-refractivity contribution in [1.29, 1.82) is 0 Å². The number of hydrogen-bond acceptors (Lipinski definition) is 5. The summed E-state index contributed by atoms with van der Waals surface area (Å²) in [5.74, 6) is -0.0637. The first-order valence-corrected chi connectivity index (χ1v) is 10.7. The first-order valence-electron chi connectivity index (χ1n) is 9.77. The Morgan fingerprint density at radius 1 is 1.13 bits per heavy atom. The molecule has 1 aliphatic heterocycles. The molecule has 0 saturated carbocycles. The molecule has 3 rings (SSSR count). The van der Waals surface area contributed by atoms with Crippen LogP contribution in [-0.4, -0.2) is 34.7 Å². The second kappa shape index (κ2) is 10.2. The molecule has 2 amide bonds. The van der Waals surface area contributed by atoms with Gasteiger partial charge in [0, 0.05) is 12.5 Å². The van der Waals surface area contributed by atoms with Crippen molar-refractivity contribution >= 4 is 22.9 Å². The Kier molecular flexibility index (Phi) is 7.61. The second-order valence-electron chi connectivity index (χ2n) is 7.23. The van der Waals surface area contributed by atoms with Gasteiger partial charge in [-0.3, -0.25) is 14.9 Å². The van der Waals surface area contributed by atoms with Crippen molar-refractivity contribution in [2.75, 3.05) is 13.2 Å². The Hall–Kier alpha value is -2.52. The van der Waals surface area contributed by atoms with Crippen LogP contribution in [0.3, 0.4) is 0 Å². The molecule has 0 radical (unpaired) electrons. The number of aliphatic hydroxyl groups excluding tert-OH is 1. The number of thioether (sulfide) groups is 1. The summed E-state index contributed by atoms with van der Waals surface area (Å²) in [5.41, 5.74) is 0.661. The van der Waals surface area contributed by atoms with Gasteiger partial charge in [-0.05, 0) is 48.6 Å². The fraction of sp³-hybridized carbons (Fsp3) is 0.364. The molecule has 0 aliphatic carbocycles. The number of rotatable bonds is 9. The van der Waals surface area contributed by atoms with Gasteiger partial charge in [-0.25, -0.2) is 0 Å². The average molecular weight is 453 g/mol. The zero-order valence-corrected chi connectivity index (χ0v) is 17.3. The van der Waals surface area contributed by atoms with Crippen LogP contribution >= 0.6 is 11.8 Å². The van der Waals surface area contributed by atoms with Gasteiger partial charge in [-0.1, -0.05) is 42.1 Å². The van der Waals surface area contributed by atoms with Gasteiger partial charge in [0.2, 0.25) is 5.91 Å².